The Morgan fingerprint density at radius 3 is 2.76 bits per heavy atom. The molecular formula is C13H17FO3. The van der Waals surface area contributed by atoms with Gasteiger partial charge in [0.05, 0.1) is 12.2 Å². The minimum atomic E-state index is -0.449. The van der Waals surface area contributed by atoms with Gasteiger partial charge < -0.3 is 9.47 Å². The number of ether oxygens (including phenoxy) is 2. The van der Waals surface area contributed by atoms with Gasteiger partial charge in [0.2, 0.25) is 0 Å². The number of hydrogen-bond donors (Lipinski definition) is 0. The maximum atomic E-state index is 12.8. The molecule has 1 aromatic carbocycles. The number of carbonyl (C=O) groups is 1. The molecule has 17 heavy (non-hydrogen) atoms. The number of hydrogen-bond acceptors (Lipinski definition) is 3. The molecule has 0 aliphatic carbocycles. The molecule has 0 atom stereocenters. The lowest BCUT2D eigenvalue weighted by atomic mass is 10.2. The molecule has 0 unspecified atom stereocenters. The Morgan fingerprint density at radius 1 is 1.35 bits per heavy atom. The van der Waals surface area contributed by atoms with E-state index in [4.69, 9.17) is 9.47 Å². The van der Waals surface area contributed by atoms with Crippen LogP contribution in [0.15, 0.2) is 18.2 Å². The summed E-state index contributed by atoms with van der Waals surface area (Å²) in [6.07, 6.45) is 0.577. The van der Waals surface area contributed by atoms with Crippen LogP contribution in [0.25, 0.3) is 0 Å². The second kappa shape index (κ2) is 7.01. The molecule has 0 saturated heterocycles. The number of carbonyl (C=O) groups excluding carboxylic acids is 1. The molecule has 0 spiro atoms. The van der Waals surface area contributed by atoms with Crippen LogP contribution in [-0.4, -0.2) is 26.1 Å². The Labute approximate surface area is 101 Å². The molecule has 0 aliphatic heterocycles. The molecule has 3 nitrogen and oxygen atoms in total. The first-order chi connectivity index (χ1) is 8.13. The summed E-state index contributed by atoms with van der Waals surface area (Å²) in [6.45, 7) is 5.59. The van der Waals surface area contributed by atoms with Crippen molar-refractivity contribution in [1.82, 2.24) is 0 Å². The van der Waals surface area contributed by atoms with E-state index in [1.807, 2.05) is 0 Å². The Hall–Kier alpha value is -1.42. The van der Waals surface area contributed by atoms with E-state index in [1.54, 1.807) is 0 Å². The quantitative estimate of drug-likeness (QED) is 0.543. The van der Waals surface area contributed by atoms with Gasteiger partial charge >= 0.3 is 0 Å². The van der Waals surface area contributed by atoms with Crippen molar-refractivity contribution < 1.29 is 18.7 Å². The SMILES string of the molecule is CC(C)COCCOc1ccc(F)cc1C=O. The summed E-state index contributed by atoms with van der Waals surface area (Å²) in [4.78, 5) is 10.7. The van der Waals surface area contributed by atoms with Gasteiger partial charge in [0.25, 0.3) is 0 Å². The van der Waals surface area contributed by atoms with Gasteiger partial charge in [0.1, 0.15) is 18.2 Å². The average molecular weight is 240 g/mol. The lowest BCUT2D eigenvalue weighted by Gasteiger charge is -2.10. The summed E-state index contributed by atoms with van der Waals surface area (Å²) in [7, 11) is 0. The van der Waals surface area contributed by atoms with Crippen molar-refractivity contribution in [2.24, 2.45) is 5.92 Å². The molecule has 0 fully saturated rings. The van der Waals surface area contributed by atoms with E-state index < -0.39 is 5.82 Å². The molecule has 0 amide bonds. The van der Waals surface area contributed by atoms with Crippen LogP contribution in [0, 0.1) is 11.7 Å². The first kappa shape index (κ1) is 13.6. The van der Waals surface area contributed by atoms with E-state index in [2.05, 4.69) is 13.8 Å². The molecule has 1 aromatic rings. The predicted molar refractivity (Wildman–Crippen MR) is 62.9 cm³/mol. The van der Waals surface area contributed by atoms with E-state index in [9.17, 15) is 9.18 Å². The van der Waals surface area contributed by atoms with Crippen molar-refractivity contribution in [3.05, 3.63) is 29.6 Å². The average Bonchev–Trinajstić information content (AvgIpc) is 2.29. The predicted octanol–water partition coefficient (Wildman–Crippen LogP) is 2.69. The van der Waals surface area contributed by atoms with E-state index in [0.29, 0.717) is 37.8 Å². The topological polar surface area (TPSA) is 35.5 Å². The Bertz CT molecular complexity index is 364. The minimum absolute atomic E-state index is 0.217. The van der Waals surface area contributed by atoms with Crippen molar-refractivity contribution in [2.75, 3.05) is 19.8 Å². The third-order valence-corrected chi connectivity index (χ3v) is 2.04. The van der Waals surface area contributed by atoms with Crippen molar-refractivity contribution in [3.63, 3.8) is 0 Å². The lowest BCUT2D eigenvalue weighted by molar-refractivity contribution is 0.0814. The zero-order valence-electron chi connectivity index (χ0n) is 10.1. The molecule has 0 N–H and O–H groups in total. The van der Waals surface area contributed by atoms with E-state index >= 15 is 0 Å². The van der Waals surface area contributed by atoms with Crippen LogP contribution in [0.5, 0.6) is 5.75 Å². The fourth-order valence-electron chi connectivity index (χ4n) is 1.27. The molecule has 0 radical (unpaired) electrons. The third-order valence-electron chi connectivity index (χ3n) is 2.04. The van der Waals surface area contributed by atoms with E-state index in [1.165, 1.54) is 12.1 Å². The van der Waals surface area contributed by atoms with Gasteiger partial charge in [0.15, 0.2) is 6.29 Å². The van der Waals surface area contributed by atoms with E-state index in [-0.39, 0.29) is 5.56 Å². The van der Waals surface area contributed by atoms with Crippen molar-refractivity contribution in [3.8, 4) is 5.75 Å². The van der Waals surface area contributed by atoms with Crippen LogP contribution < -0.4 is 4.74 Å². The number of aldehydes is 1. The monoisotopic (exact) mass is 240 g/mol. The van der Waals surface area contributed by atoms with Gasteiger partial charge in [-0.2, -0.15) is 0 Å². The van der Waals surface area contributed by atoms with Crippen molar-refractivity contribution >= 4 is 6.29 Å². The number of benzene rings is 1. The van der Waals surface area contributed by atoms with Crippen LogP contribution in [0.4, 0.5) is 4.39 Å². The van der Waals surface area contributed by atoms with Crippen LogP contribution in [0.3, 0.4) is 0 Å². The van der Waals surface area contributed by atoms with Crippen LogP contribution in [0.1, 0.15) is 24.2 Å². The maximum absolute atomic E-state index is 12.8. The molecule has 0 heterocycles. The summed E-state index contributed by atoms with van der Waals surface area (Å²) < 4.78 is 23.5. The van der Waals surface area contributed by atoms with Gasteiger partial charge in [-0.05, 0) is 24.1 Å². The first-order valence-electron chi connectivity index (χ1n) is 5.58. The van der Waals surface area contributed by atoms with Gasteiger partial charge in [-0.15, -0.1) is 0 Å². The highest BCUT2D eigenvalue weighted by molar-refractivity contribution is 5.79. The molecule has 4 heteroatoms. The van der Waals surface area contributed by atoms with Crippen molar-refractivity contribution in [1.29, 1.82) is 0 Å². The lowest BCUT2D eigenvalue weighted by Crippen LogP contribution is -2.10. The summed E-state index contributed by atoms with van der Waals surface area (Å²) in [5.41, 5.74) is 0.217. The van der Waals surface area contributed by atoms with E-state index in [0.717, 1.165) is 6.07 Å². The smallest absolute Gasteiger partial charge is 0.153 e. The number of halogens is 1. The highest BCUT2D eigenvalue weighted by Crippen LogP contribution is 2.17. The van der Waals surface area contributed by atoms with Crippen LogP contribution in [-0.2, 0) is 4.74 Å². The Morgan fingerprint density at radius 2 is 2.12 bits per heavy atom. The molecular weight excluding hydrogens is 223 g/mol. The zero-order valence-corrected chi connectivity index (χ0v) is 10.1. The molecule has 1 rings (SSSR count). The standard InChI is InChI=1S/C13H17FO3/c1-10(2)9-16-5-6-17-13-4-3-12(14)7-11(13)8-15/h3-4,7-8,10H,5-6,9H2,1-2H3. The first-order valence-corrected chi connectivity index (χ1v) is 5.58. The summed E-state index contributed by atoms with van der Waals surface area (Å²) in [5.74, 6) is 0.413. The molecule has 0 aliphatic rings. The van der Waals surface area contributed by atoms with Gasteiger partial charge in [-0.25, -0.2) is 4.39 Å². The highest BCUT2D eigenvalue weighted by atomic mass is 19.1. The number of rotatable bonds is 7. The largest absolute Gasteiger partial charge is 0.490 e. The van der Waals surface area contributed by atoms with Crippen molar-refractivity contribution in [2.45, 2.75) is 13.8 Å². The van der Waals surface area contributed by atoms with Crippen LogP contribution in [0.2, 0.25) is 0 Å². The normalized spacial score (nSPS) is 10.6. The summed E-state index contributed by atoms with van der Waals surface area (Å²) in [6, 6.07) is 3.86. The van der Waals surface area contributed by atoms with Gasteiger partial charge in [-0.1, -0.05) is 13.8 Å². The van der Waals surface area contributed by atoms with Gasteiger partial charge in [0, 0.05) is 6.61 Å². The summed E-state index contributed by atoms with van der Waals surface area (Å²) >= 11 is 0. The highest BCUT2D eigenvalue weighted by Gasteiger charge is 2.04. The molecule has 0 aromatic heterocycles. The fraction of sp³-hybridized carbons (Fsp3) is 0.462. The molecule has 0 bridgehead atoms. The van der Waals surface area contributed by atoms with Gasteiger partial charge in [-0.3, -0.25) is 4.79 Å². The Balaban J connectivity index is 2.38. The second-order valence-electron chi connectivity index (χ2n) is 4.12. The fourth-order valence-corrected chi connectivity index (χ4v) is 1.27. The summed E-state index contributed by atoms with van der Waals surface area (Å²) in [5, 5.41) is 0. The Kier molecular flexibility index (Phi) is 5.63. The molecule has 94 valence electrons. The maximum Gasteiger partial charge on any atom is 0.153 e. The third kappa shape index (κ3) is 4.95. The molecule has 0 saturated carbocycles. The van der Waals surface area contributed by atoms with Crippen LogP contribution >= 0.6 is 0 Å². The second-order valence-corrected chi connectivity index (χ2v) is 4.12. The minimum Gasteiger partial charge on any atom is -0.490 e. The zero-order chi connectivity index (χ0) is 12.7.